The molecule has 4 rings (SSSR count). The van der Waals surface area contributed by atoms with Crippen molar-refractivity contribution in [2.45, 2.75) is 18.9 Å². The highest BCUT2D eigenvalue weighted by molar-refractivity contribution is 7.95. The number of carbonyl (C=O) groups excluding carboxylic acids is 1. The van der Waals surface area contributed by atoms with Gasteiger partial charge in [-0.05, 0) is 35.6 Å². The number of carbonyl (C=O) groups is 2. The lowest BCUT2D eigenvalue weighted by atomic mass is 10.2. The number of carboxylic acids is 1. The third-order valence-corrected chi connectivity index (χ3v) is 9.56. The van der Waals surface area contributed by atoms with E-state index in [0.717, 1.165) is 15.9 Å². The van der Waals surface area contributed by atoms with Gasteiger partial charge < -0.3 is 10.0 Å². The van der Waals surface area contributed by atoms with Gasteiger partial charge in [0.05, 0.1) is 0 Å². The second-order valence-corrected chi connectivity index (χ2v) is 10.6. The Kier molecular flexibility index (Phi) is 5.87. The number of carboxylic acid groups (broad SMARTS) is 1. The fourth-order valence-electron chi connectivity index (χ4n) is 4.19. The quantitative estimate of drug-likeness (QED) is 0.650. The van der Waals surface area contributed by atoms with Gasteiger partial charge in [-0.1, -0.05) is 91.0 Å². The Labute approximate surface area is 176 Å². The SMILES string of the molecule is O=C(O)[C@@H]1CCCN1C(=O)C=P(c1ccccc1)(c1ccccc1)c1ccccc1. The second-order valence-electron chi connectivity index (χ2n) is 7.39. The molecule has 1 atom stereocenters. The van der Waals surface area contributed by atoms with Crippen molar-refractivity contribution < 1.29 is 14.7 Å². The van der Waals surface area contributed by atoms with Crippen LogP contribution in [-0.4, -0.2) is 40.3 Å². The third kappa shape index (κ3) is 3.71. The molecule has 0 bridgehead atoms. The summed E-state index contributed by atoms with van der Waals surface area (Å²) in [6, 6.07) is 29.5. The largest absolute Gasteiger partial charge is 0.480 e. The first-order chi connectivity index (χ1) is 14.6. The van der Waals surface area contributed by atoms with E-state index in [4.69, 9.17) is 0 Å². The van der Waals surface area contributed by atoms with Crippen molar-refractivity contribution in [1.82, 2.24) is 4.90 Å². The Balaban J connectivity index is 1.99. The van der Waals surface area contributed by atoms with E-state index >= 15 is 0 Å². The van der Waals surface area contributed by atoms with Crippen molar-refractivity contribution in [1.29, 1.82) is 0 Å². The molecule has 152 valence electrons. The number of amides is 1. The molecule has 0 radical (unpaired) electrons. The summed E-state index contributed by atoms with van der Waals surface area (Å²) in [6.07, 6.45) is 1.21. The van der Waals surface area contributed by atoms with Crippen molar-refractivity contribution >= 4 is 40.5 Å². The van der Waals surface area contributed by atoms with Gasteiger partial charge >= 0.3 is 5.97 Å². The molecule has 1 heterocycles. The first kappa shape index (κ1) is 20.2. The number of likely N-dealkylation sites (tertiary alicyclic amines) is 1. The van der Waals surface area contributed by atoms with E-state index in [2.05, 4.69) is 36.4 Å². The van der Waals surface area contributed by atoms with Crippen LogP contribution in [0.25, 0.3) is 0 Å². The molecule has 4 nitrogen and oxygen atoms in total. The molecular formula is C25H24NO3P. The van der Waals surface area contributed by atoms with Crippen LogP contribution >= 0.6 is 6.89 Å². The number of hydrogen-bond acceptors (Lipinski definition) is 2. The van der Waals surface area contributed by atoms with Gasteiger partial charge in [0.25, 0.3) is 0 Å². The van der Waals surface area contributed by atoms with Gasteiger partial charge in [0, 0.05) is 12.3 Å². The standard InChI is InChI=1S/C25H24NO3P/c27-24(26-18-10-17-23(26)25(28)29)19-30(20-11-4-1-5-12-20,21-13-6-2-7-14-21)22-15-8-3-9-16-22/h1-9,11-16,19,23H,10,17-18H2,(H,28,29)/t23-/m0/s1. The van der Waals surface area contributed by atoms with E-state index in [1.807, 2.05) is 60.4 Å². The van der Waals surface area contributed by atoms with E-state index in [-0.39, 0.29) is 5.91 Å². The highest BCUT2D eigenvalue weighted by Gasteiger charge is 2.35. The van der Waals surface area contributed by atoms with Gasteiger partial charge in [-0.2, -0.15) is 0 Å². The van der Waals surface area contributed by atoms with Crippen LogP contribution in [0.3, 0.4) is 0 Å². The molecule has 0 spiro atoms. The highest BCUT2D eigenvalue weighted by Crippen LogP contribution is 2.43. The minimum absolute atomic E-state index is 0.204. The molecule has 1 aliphatic rings. The summed E-state index contributed by atoms with van der Waals surface area (Å²) < 4.78 is 0. The fraction of sp³-hybridized carbons (Fsp3) is 0.160. The lowest BCUT2D eigenvalue weighted by Crippen LogP contribution is -2.42. The zero-order valence-corrected chi connectivity index (χ0v) is 17.5. The van der Waals surface area contributed by atoms with E-state index in [0.29, 0.717) is 19.4 Å². The number of benzene rings is 3. The Hall–Kier alpha value is -3.10. The van der Waals surface area contributed by atoms with Crippen LogP contribution in [0.1, 0.15) is 12.8 Å². The lowest BCUT2D eigenvalue weighted by Gasteiger charge is -2.30. The summed E-state index contributed by atoms with van der Waals surface area (Å²) in [5.41, 5.74) is 0. The normalized spacial score (nSPS) is 16.3. The number of aliphatic carboxylic acids is 1. The number of hydrogen-bond donors (Lipinski definition) is 1. The van der Waals surface area contributed by atoms with Crippen molar-refractivity contribution in [2.24, 2.45) is 0 Å². The van der Waals surface area contributed by atoms with Gasteiger partial charge in [-0.3, -0.25) is 4.79 Å². The average Bonchev–Trinajstić information content (AvgIpc) is 3.30. The summed E-state index contributed by atoms with van der Waals surface area (Å²) >= 11 is 0. The minimum Gasteiger partial charge on any atom is -0.480 e. The first-order valence-electron chi connectivity index (χ1n) is 10.1. The molecule has 0 aromatic heterocycles. The summed E-state index contributed by atoms with van der Waals surface area (Å²) in [7, 11) is 0. The van der Waals surface area contributed by atoms with E-state index < -0.39 is 18.9 Å². The molecule has 3 aromatic rings. The molecule has 30 heavy (non-hydrogen) atoms. The maximum absolute atomic E-state index is 13.5. The summed E-state index contributed by atoms with van der Waals surface area (Å²) in [6.45, 7) is -1.95. The van der Waals surface area contributed by atoms with Gasteiger partial charge in [0.1, 0.15) is 6.04 Å². The first-order valence-corrected chi connectivity index (χ1v) is 11.9. The summed E-state index contributed by atoms with van der Waals surface area (Å²) in [4.78, 5) is 26.7. The van der Waals surface area contributed by atoms with Crippen LogP contribution in [0, 0.1) is 0 Å². The molecule has 1 fully saturated rings. The van der Waals surface area contributed by atoms with Crippen LogP contribution < -0.4 is 15.9 Å². The molecule has 0 unspecified atom stereocenters. The van der Waals surface area contributed by atoms with Crippen LogP contribution in [0.5, 0.6) is 0 Å². The van der Waals surface area contributed by atoms with Crippen molar-refractivity contribution in [2.75, 3.05) is 6.54 Å². The van der Waals surface area contributed by atoms with Crippen molar-refractivity contribution in [3.8, 4) is 0 Å². The van der Waals surface area contributed by atoms with E-state index in [1.165, 1.54) is 4.90 Å². The summed E-state index contributed by atoms with van der Waals surface area (Å²) in [5.74, 6) is 0.677. The third-order valence-electron chi connectivity index (χ3n) is 5.62. The van der Waals surface area contributed by atoms with Crippen LogP contribution in [-0.2, 0) is 9.59 Å². The van der Waals surface area contributed by atoms with Gasteiger partial charge in [0.15, 0.2) is 0 Å². The molecule has 0 aliphatic carbocycles. The van der Waals surface area contributed by atoms with Gasteiger partial charge in [-0.15, -0.1) is 0 Å². The second kappa shape index (κ2) is 8.73. The minimum atomic E-state index is -2.43. The maximum atomic E-state index is 13.5. The summed E-state index contributed by atoms with van der Waals surface area (Å²) in [5, 5.41) is 12.8. The van der Waals surface area contributed by atoms with Crippen LogP contribution in [0.15, 0.2) is 91.0 Å². The molecule has 3 aromatic carbocycles. The Bertz CT molecular complexity index is 978. The zero-order valence-electron chi connectivity index (χ0n) is 16.6. The molecular weight excluding hydrogens is 393 g/mol. The Morgan fingerprint density at radius 3 is 1.63 bits per heavy atom. The zero-order chi connectivity index (χ0) is 21.0. The number of rotatable bonds is 5. The molecule has 1 aliphatic heterocycles. The Morgan fingerprint density at radius 1 is 0.800 bits per heavy atom. The van der Waals surface area contributed by atoms with Gasteiger partial charge in [0.2, 0.25) is 5.91 Å². The molecule has 1 amide bonds. The molecule has 5 heteroatoms. The fourth-order valence-corrected chi connectivity index (χ4v) is 7.94. The predicted octanol–water partition coefficient (Wildman–Crippen LogP) is 2.86. The smallest absolute Gasteiger partial charge is 0.326 e. The topological polar surface area (TPSA) is 57.6 Å². The molecule has 0 saturated carbocycles. The van der Waals surface area contributed by atoms with E-state index in [1.54, 1.807) is 0 Å². The van der Waals surface area contributed by atoms with Crippen LogP contribution in [0.2, 0.25) is 0 Å². The number of nitrogens with zero attached hydrogens (tertiary/aromatic N) is 1. The predicted molar refractivity (Wildman–Crippen MR) is 124 cm³/mol. The monoisotopic (exact) mass is 417 g/mol. The average molecular weight is 417 g/mol. The van der Waals surface area contributed by atoms with Crippen LogP contribution in [0.4, 0.5) is 0 Å². The molecule has 1 N–H and O–H groups in total. The maximum Gasteiger partial charge on any atom is 0.326 e. The lowest BCUT2D eigenvalue weighted by molar-refractivity contribution is -0.145. The van der Waals surface area contributed by atoms with Crippen molar-refractivity contribution in [3.63, 3.8) is 0 Å². The Morgan fingerprint density at radius 2 is 1.23 bits per heavy atom. The van der Waals surface area contributed by atoms with Crippen molar-refractivity contribution in [3.05, 3.63) is 91.0 Å². The highest BCUT2D eigenvalue weighted by atomic mass is 31.2. The van der Waals surface area contributed by atoms with E-state index in [9.17, 15) is 14.7 Å². The molecule has 1 saturated heterocycles. The van der Waals surface area contributed by atoms with Gasteiger partial charge in [-0.25, -0.2) is 4.79 Å².